The number of benzene rings is 2. The van der Waals surface area contributed by atoms with Crippen LogP contribution in [-0.2, 0) is 4.79 Å². The van der Waals surface area contributed by atoms with Crippen molar-refractivity contribution in [3.05, 3.63) is 69.3 Å². The molecular weight excluding hydrogens is 429 g/mol. The molecule has 1 saturated carbocycles. The minimum absolute atomic E-state index is 0.191. The number of carbonyl (C=O) groups is 1. The zero-order chi connectivity index (χ0) is 20.1. The van der Waals surface area contributed by atoms with Crippen molar-refractivity contribution in [3.63, 3.8) is 0 Å². The van der Waals surface area contributed by atoms with Crippen LogP contribution in [0.15, 0.2) is 53.7 Å². The van der Waals surface area contributed by atoms with Gasteiger partial charge in [-0.15, -0.1) is 0 Å². The van der Waals surface area contributed by atoms with Crippen molar-refractivity contribution in [1.82, 2.24) is 9.78 Å². The number of hydrogen-bond donors (Lipinski definition) is 0. The van der Waals surface area contributed by atoms with Crippen molar-refractivity contribution >= 4 is 52.1 Å². The SMILES string of the molecule is O=C1CCCC2=Nc3c(-c4cccc(Cl)c4)cnn3C(c3ccc(Cl)c(Cl)c3)C12. The molecule has 29 heavy (non-hydrogen) atoms. The van der Waals surface area contributed by atoms with Crippen molar-refractivity contribution < 1.29 is 4.79 Å². The maximum atomic E-state index is 12.9. The summed E-state index contributed by atoms with van der Waals surface area (Å²) in [6, 6.07) is 12.8. The molecule has 0 spiro atoms. The number of fused-ring (bicyclic) bond motifs is 2. The molecule has 4 nitrogen and oxygen atoms in total. The van der Waals surface area contributed by atoms with Gasteiger partial charge in [0.25, 0.3) is 0 Å². The highest BCUT2D eigenvalue weighted by atomic mass is 35.5. The van der Waals surface area contributed by atoms with E-state index in [1.165, 1.54) is 0 Å². The van der Waals surface area contributed by atoms with Gasteiger partial charge in [-0.2, -0.15) is 5.10 Å². The Labute approximate surface area is 183 Å². The van der Waals surface area contributed by atoms with E-state index in [1.54, 1.807) is 12.3 Å². The summed E-state index contributed by atoms with van der Waals surface area (Å²) >= 11 is 18.6. The average Bonchev–Trinajstić information content (AvgIpc) is 3.12. The van der Waals surface area contributed by atoms with Crippen LogP contribution in [0, 0.1) is 5.92 Å². The van der Waals surface area contributed by atoms with Crippen LogP contribution in [0.4, 0.5) is 5.82 Å². The second-order valence-electron chi connectivity index (χ2n) is 7.36. The lowest BCUT2D eigenvalue weighted by Gasteiger charge is -2.35. The molecule has 0 saturated heterocycles. The summed E-state index contributed by atoms with van der Waals surface area (Å²) in [7, 11) is 0. The van der Waals surface area contributed by atoms with Gasteiger partial charge in [0, 0.05) is 22.7 Å². The van der Waals surface area contributed by atoms with Crippen LogP contribution in [0.2, 0.25) is 15.1 Å². The number of aromatic nitrogens is 2. The van der Waals surface area contributed by atoms with Gasteiger partial charge in [0.15, 0.2) is 5.82 Å². The smallest absolute Gasteiger partial charge is 0.158 e. The molecule has 0 radical (unpaired) electrons. The molecule has 3 aromatic rings. The van der Waals surface area contributed by atoms with E-state index in [0.29, 0.717) is 21.5 Å². The molecule has 1 aliphatic heterocycles. The molecule has 1 aromatic heterocycles. The minimum Gasteiger partial charge on any atom is -0.299 e. The van der Waals surface area contributed by atoms with Gasteiger partial charge in [-0.1, -0.05) is 53.0 Å². The number of halogens is 3. The average molecular weight is 445 g/mol. The van der Waals surface area contributed by atoms with Crippen LogP contribution in [0.1, 0.15) is 30.9 Å². The molecule has 2 atom stereocenters. The first-order valence-electron chi connectivity index (χ1n) is 9.41. The Morgan fingerprint density at radius 1 is 1.00 bits per heavy atom. The molecular formula is C22H16Cl3N3O. The van der Waals surface area contributed by atoms with Crippen molar-refractivity contribution in [2.24, 2.45) is 10.9 Å². The molecule has 0 N–H and O–H groups in total. The highest BCUT2D eigenvalue weighted by molar-refractivity contribution is 6.42. The number of rotatable bonds is 2. The van der Waals surface area contributed by atoms with Gasteiger partial charge in [-0.25, -0.2) is 9.67 Å². The summed E-state index contributed by atoms with van der Waals surface area (Å²) < 4.78 is 1.84. The van der Waals surface area contributed by atoms with Gasteiger partial charge in [0.05, 0.1) is 28.2 Å². The van der Waals surface area contributed by atoms with Crippen LogP contribution in [-0.4, -0.2) is 21.3 Å². The molecule has 7 heteroatoms. The van der Waals surface area contributed by atoms with Gasteiger partial charge in [-0.05, 0) is 48.2 Å². The second-order valence-corrected chi connectivity index (χ2v) is 8.61. The second kappa shape index (κ2) is 7.28. The van der Waals surface area contributed by atoms with Gasteiger partial charge in [-0.3, -0.25) is 4.79 Å². The molecule has 2 aliphatic rings. The van der Waals surface area contributed by atoms with Crippen LogP contribution < -0.4 is 0 Å². The lowest BCUT2D eigenvalue weighted by atomic mass is 9.77. The first kappa shape index (κ1) is 18.9. The van der Waals surface area contributed by atoms with E-state index in [9.17, 15) is 4.79 Å². The highest BCUT2D eigenvalue weighted by Crippen LogP contribution is 2.45. The highest BCUT2D eigenvalue weighted by Gasteiger charge is 2.42. The van der Waals surface area contributed by atoms with Crippen molar-refractivity contribution in [3.8, 4) is 11.1 Å². The van der Waals surface area contributed by atoms with E-state index in [1.807, 2.05) is 41.1 Å². The Hall–Kier alpha value is -2.14. The standard InChI is InChI=1S/C22H16Cl3N3O/c23-14-4-1-3-12(9-14)15-11-26-28-21(13-7-8-16(24)17(25)10-13)20-18(27-22(15)28)5-2-6-19(20)29/h1,3-4,7-11,20-21H,2,5-6H2. The predicted octanol–water partition coefficient (Wildman–Crippen LogP) is 6.56. The predicted molar refractivity (Wildman–Crippen MR) is 117 cm³/mol. The number of ketones is 1. The Morgan fingerprint density at radius 2 is 1.86 bits per heavy atom. The maximum absolute atomic E-state index is 12.9. The molecule has 2 aromatic carbocycles. The number of hydrogen-bond acceptors (Lipinski definition) is 3. The van der Waals surface area contributed by atoms with Gasteiger partial charge < -0.3 is 0 Å². The van der Waals surface area contributed by atoms with Crippen molar-refractivity contribution in [1.29, 1.82) is 0 Å². The van der Waals surface area contributed by atoms with Crippen molar-refractivity contribution in [2.75, 3.05) is 0 Å². The Balaban J connectivity index is 1.72. The number of nitrogens with zero attached hydrogens (tertiary/aromatic N) is 3. The van der Waals surface area contributed by atoms with Crippen LogP contribution >= 0.6 is 34.8 Å². The number of aliphatic imine (C=N–C) groups is 1. The van der Waals surface area contributed by atoms with E-state index in [4.69, 9.17) is 39.8 Å². The fourth-order valence-corrected chi connectivity index (χ4v) is 4.76. The molecule has 0 amide bonds. The molecule has 2 unspecified atom stereocenters. The zero-order valence-corrected chi connectivity index (χ0v) is 17.5. The summed E-state index contributed by atoms with van der Waals surface area (Å²) in [6.45, 7) is 0. The Bertz CT molecular complexity index is 1170. The summed E-state index contributed by atoms with van der Waals surface area (Å²) in [5, 5.41) is 6.23. The van der Waals surface area contributed by atoms with Crippen LogP contribution in [0.5, 0.6) is 0 Å². The first-order chi connectivity index (χ1) is 14.0. The normalized spacial score (nSPS) is 20.8. The zero-order valence-electron chi connectivity index (χ0n) is 15.3. The molecule has 2 heterocycles. The topological polar surface area (TPSA) is 47.2 Å². The molecule has 5 rings (SSSR count). The third-order valence-electron chi connectivity index (χ3n) is 5.58. The third kappa shape index (κ3) is 3.20. The minimum atomic E-state index is -0.333. The molecule has 0 bridgehead atoms. The van der Waals surface area contributed by atoms with E-state index in [0.717, 1.165) is 41.1 Å². The summed E-state index contributed by atoms with van der Waals surface area (Å²) in [5.41, 5.74) is 3.64. The van der Waals surface area contributed by atoms with Crippen molar-refractivity contribution in [2.45, 2.75) is 25.3 Å². The van der Waals surface area contributed by atoms with E-state index >= 15 is 0 Å². The van der Waals surface area contributed by atoms with Gasteiger partial charge >= 0.3 is 0 Å². The molecule has 1 aliphatic carbocycles. The van der Waals surface area contributed by atoms with Crippen LogP contribution in [0.25, 0.3) is 11.1 Å². The van der Waals surface area contributed by atoms with Gasteiger partial charge in [0.1, 0.15) is 5.78 Å². The van der Waals surface area contributed by atoms with E-state index in [2.05, 4.69) is 5.10 Å². The maximum Gasteiger partial charge on any atom is 0.158 e. The quantitative estimate of drug-likeness (QED) is 0.449. The van der Waals surface area contributed by atoms with E-state index < -0.39 is 0 Å². The Kier molecular flexibility index (Phi) is 4.73. The lowest BCUT2D eigenvalue weighted by molar-refractivity contribution is -0.122. The summed E-state index contributed by atoms with van der Waals surface area (Å²) in [6.07, 6.45) is 3.97. The summed E-state index contributed by atoms with van der Waals surface area (Å²) in [5.74, 6) is 0.599. The fraction of sp³-hybridized carbons (Fsp3) is 0.227. The number of carbonyl (C=O) groups excluding carboxylic acids is 1. The fourth-order valence-electron chi connectivity index (χ4n) is 4.26. The van der Waals surface area contributed by atoms with E-state index in [-0.39, 0.29) is 17.7 Å². The Morgan fingerprint density at radius 3 is 2.66 bits per heavy atom. The number of Topliss-reactive ketones (excluding diaryl/α,β-unsaturated/α-hetero) is 1. The largest absolute Gasteiger partial charge is 0.299 e. The third-order valence-corrected chi connectivity index (χ3v) is 6.55. The van der Waals surface area contributed by atoms with Gasteiger partial charge in [0.2, 0.25) is 0 Å². The summed E-state index contributed by atoms with van der Waals surface area (Å²) in [4.78, 5) is 17.8. The lowest BCUT2D eigenvalue weighted by Crippen LogP contribution is -2.39. The first-order valence-corrected chi connectivity index (χ1v) is 10.5. The molecule has 146 valence electrons. The molecule has 1 fully saturated rings. The monoisotopic (exact) mass is 443 g/mol. The van der Waals surface area contributed by atoms with Crippen LogP contribution in [0.3, 0.4) is 0 Å².